The Labute approximate surface area is 125 Å². The second kappa shape index (κ2) is 6.27. The highest BCUT2D eigenvalue weighted by Crippen LogP contribution is 2.24. The van der Waals surface area contributed by atoms with Gasteiger partial charge in [-0.1, -0.05) is 13.8 Å². The molecule has 1 aromatic rings. The van der Waals surface area contributed by atoms with Crippen molar-refractivity contribution in [3.05, 3.63) is 23.6 Å². The Morgan fingerprint density at radius 3 is 2.81 bits per heavy atom. The third-order valence-electron chi connectivity index (χ3n) is 3.70. The van der Waals surface area contributed by atoms with Crippen molar-refractivity contribution < 1.29 is 12.8 Å². The molecule has 2 rings (SSSR count). The standard InChI is InChI=1S/C14H22FN3O2S/c1-10(2)16-7-11-6-12(15)8-17-14(11)18(3)13-4-5-21(19,20)9-13/h6,8,10,13,16H,4-5,7,9H2,1-3H3. The van der Waals surface area contributed by atoms with E-state index in [1.165, 1.54) is 12.3 Å². The smallest absolute Gasteiger partial charge is 0.152 e. The topological polar surface area (TPSA) is 62.3 Å². The minimum absolute atomic E-state index is 0.0919. The fourth-order valence-electron chi connectivity index (χ4n) is 2.49. The molecule has 0 amide bonds. The monoisotopic (exact) mass is 315 g/mol. The van der Waals surface area contributed by atoms with Gasteiger partial charge in [0.15, 0.2) is 9.84 Å². The normalized spacial score (nSPS) is 20.9. The molecule has 2 heterocycles. The minimum Gasteiger partial charge on any atom is -0.355 e. The number of pyridine rings is 1. The van der Waals surface area contributed by atoms with E-state index in [-0.39, 0.29) is 29.4 Å². The van der Waals surface area contributed by atoms with Crippen LogP contribution in [0.2, 0.25) is 0 Å². The summed E-state index contributed by atoms with van der Waals surface area (Å²) in [5.41, 5.74) is 0.746. The van der Waals surface area contributed by atoms with Gasteiger partial charge in [-0.3, -0.25) is 0 Å². The number of hydrogen-bond donors (Lipinski definition) is 1. The summed E-state index contributed by atoms with van der Waals surface area (Å²) < 4.78 is 36.7. The first-order valence-corrected chi connectivity index (χ1v) is 8.91. The summed E-state index contributed by atoms with van der Waals surface area (Å²) in [6, 6.07) is 1.64. The average molecular weight is 315 g/mol. The second-order valence-corrected chi connectivity index (χ2v) is 8.07. The number of anilines is 1. The highest BCUT2D eigenvalue weighted by Gasteiger charge is 2.32. The SMILES string of the molecule is CC(C)NCc1cc(F)cnc1N(C)C1CCS(=O)(=O)C1. The maximum Gasteiger partial charge on any atom is 0.152 e. The molecule has 0 aromatic carbocycles. The molecule has 21 heavy (non-hydrogen) atoms. The molecule has 0 radical (unpaired) electrons. The molecular weight excluding hydrogens is 293 g/mol. The zero-order valence-electron chi connectivity index (χ0n) is 12.6. The van der Waals surface area contributed by atoms with Gasteiger partial charge >= 0.3 is 0 Å². The number of hydrogen-bond acceptors (Lipinski definition) is 5. The van der Waals surface area contributed by atoms with E-state index in [9.17, 15) is 12.8 Å². The lowest BCUT2D eigenvalue weighted by Gasteiger charge is -2.27. The maximum absolute atomic E-state index is 13.4. The summed E-state index contributed by atoms with van der Waals surface area (Å²) in [5.74, 6) is 0.612. The number of aromatic nitrogens is 1. The highest BCUT2D eigenvalue weighted by atomic mass is 32.2. The van der Waals surface area contributed by atoms with Gasteiger partial charge in [0.2, 0.25) is 0 Å². The largest absolute Gasteiger partial charge is 0.355 e. The maximum atomic E-state index is 13.4. The van der Waals surface area contributed by atoms with Crippen LogP contribution >= 0.6 is 0 Å². The molecule has 1 aliphatic heterocycles. The molecule has 0 bridgehead atoms. The van der Waals surface area contributed by atoms with Crippen LogP contribution in [0, 0.1) is 5.82 Å². The molecule has 0 spiro atoms. The molecule has 0 saturated carbocycles. The molecule has 0 aliphatic carbocycles. The molecule has 1 aliphatic rings. The van der Waals surface area contributed by atoms with Gasteiger partial charge in [0, 0.05) is 31.2 Å². The Kier molecular flexibility index (Phi) is 4.83. The lowest BCUT2D eigenvalue weighted by atomic mass is 10.1. The number of nitrogens with one attached hydrogen (secondary N) is 1. The zero-order valence-corrected chi connectivity index (χ0v) is 13.5. The van der Waals surface area contributed by atoms with Crippen molar-refractivity contribution in [3.8, 4) is 0 Å². The van der Waals surface area contributed by atoms with Crippen molar-refractivity contribution in [1.82, 2.24) is 10.3 Å². The summed E-state index contributed by atoms with van der Waals surface area (Å²) in [7, 11) is -1.13. The molecule has 1 N–H and O–H groups in total. The van der Waals surface area contributed by atoms with Crippen LogP contribution in [-0.4, -0.2) is 44.0 Å². The van der Waals surface area contributed by atoms with E-state index in [0.29, 0.717) is 18.8 Å². The van der Waals surface area contributed by atoms with Crippen LogP contribution in [0.25, 0.3) is 0 Å². The fraction of sp³-hybridized carbons (Fsp3) is 0.643. The lowest BCUT2D eigenvalue weighted by molar-refractivity contribution is 0.574. The van der Waals surface area contributed by atoms with Crippen molar-refractivity contribution in [2.75, 3.05) is 23.5 Å². The van der Waals surface area contributed by atoms with Crippen LogP contribution in [0.1, 0.15) is 25.8 Å². The summed E-state index contributed by atoms with van der Waals surface area (Å²) in [6.07, 6.45) is 1.77. The van der Waals surface area contributed by atoms with Crippen LogP contribution in [-0.2, 0) is 16.4 Å². The first-order valence-electron chi connectivity index (χ1n) is 7.09. The number of rotatable bonds is 5. The Morgan fingerprint density at radius 1 is 1.52 bits per heavy atom. The van der Waals surface area contributed by atoms with Gasteiger partial charge < -0.3 is 10.2 Å². The highest BCUT2D eigenvalue weighted by molar-refractivity contribution is 7.91. The van der Waals surface area contributed by atoms with Gasteiger partial charge in [0.05, 0.1) is 17.7 Å². The van der Waals surface area contributed by atoms with Crippen molar-refractivity contribution in [2.24, 2.45) is 0 Å². The lowest BCUT2D eigenvalue weighted by Crippen LogP contribution is -2.34. The van der Waals surface area contributed by atoms with E-state index in [0.717, 1.165) is 5.56 Å². The van der Waals surface area contributed by atoms with Crippen LogP contribution in [0.5, 0.6) is 0 Å². The molecule has 7 heteroatoms. The molecule has 1 aromatic heterocycles. The number of halogens is 1. The summed E-state index contributed by atoms with van der Waals surface area (Å²) >= 11 is 0. The Hall–Kier alpha value is -1.21. The van der Waals surface area contributed by atoms with E-state index in [2.05, 4.69) is 10.3 Å². The Balaban J connectivity index is 2.21. The quantitative estimate of drug-likeness (QED) is 0.888. The van der Waals surface area contributed by atoms with Gasteiger partial charge in [0.1, 0.15) is 11.6 Å². The molecular formula is C14H22FN3O2S. The van der Waals surface area contributed by atoms with Crippen molar-refractivity contribution in [2.45, 2.75) is 38.9 Å². The summed E-state index contributed by atoms with van der Waals surface area (Å²) in [6.45, 7) is 4.53. The van der Waals surface area contributed by atoms with E-state index in [4.69, 9.17) is 0 Å². The van der Waals surface area contributed by atoms with Gasteiger partial charge in [-0.05, 0) is 12.5 Å². The molecule has 1 atom stereocenters. The van der Waals surface area contributed by atoms with E-state index >= 15 is 0 Å². The minimum atomic E-state index is -2.95. The fourth-order valence-corrected chi connectivity index (χ4v) is 4.26. The van der Waals surface area contributed by atoms with Crippen molar-refractivity contribution >= 4 is 15.7 Å². The number of sulfone groups is 1. The summed E-state index contributed by atoms with van der Waals surface area (Å²) in [5, 5.41) is 3.24. The van der Waals surface area contributed by atoms with E-state index in [1.807, 2.05) is 25.8 Å². The summed E-state index contributed by atoms with van der Waals surface area (Å²) in [4.78, 5) is 6.03. The van der Waals surface area contributed by atoms with Gasteiger partial charge in [-0.25, -0.2) is 17.8 Å². The number of nitrogens with zero attached hydrogens (tertiary/aromatic N) is 2. The molecule has 118 valence electrons. The van der Waals surface area contributed by atoms with Crippen LogP contribution in [0.4, 0.5) is 10.2 Å². The molecule has 1 fully saturated rings. The third-order valence-corrected chi connectivity index (χ3v) is 5.45. The van der Waals surface area contributed by atoms with Gasteiger partial charge in [-0.2, -0.15) is 0 Å². The van der Waals surface area contributed by atoms with Crippen molar-refractivity contribution in [1.29, 1.82) is 0 Å². The predicted octanol–water partition coefficient (Wildman–Crippen LogP) is 1.34. The molecule has 5 nitrogen and oxygen atoms in total. The van der Waals surface area contributed by atoms with Crippen LogP contribution < -0.4 is 10.2 Å². The van der Waals surface area contributed by atoms with Crippen LogP contribution in [0.15, 0.2) is 12.3 Å². The average Bonchev–Trinajstić information content (AvgIpc) is 2.76. The Morgan fingerprint density at radius 2 is 2.24 bits per heavy atom. The first kappa shape index (κ1) is 16.2. The zero-order chi connectivity index (χ0) is 15.6. The van der Waals surface area contributed by atoms with E-state index < -0.39 is 9.84 Å². The predicted molar refractivity (Wildman–Crippen MR) is 81.6 cm³/mol. The van der Waals surface area contributed by atoms with Crippen molar-refractivity contribution in [3.63, 3.8) is 0 Å². The molecule has 1 unspecified atom stereocenters. The van der Waals surface area contributed by atoms with Crippen LogP contribution in [0.3, 0.4) is 0 Å². The second-order valence-electron chi connectivity index (χ2n) is 5.84. The first-order chi connectivity index (χ1) is 9.78. The third kappa shape index (κ3) is 4.14. The van der Waals surface area contributed by atoms with E-state index in [1.54, 1.807) is 0 Å². The molecule has 1 saturated heterocycles. The van der Waals surface area contributed by atoms with Gasteiger partial charge in [-0.15, -0.1) is 0 Å². The Bertz CT molecular complexity index is 604. The van der Waals surface area contributed by atoms with Gasteiger partial charge in [0.25, 0.3) is 0 Å².